The van der Waals surface area contributed by atoms with Gasteiger partial charge in [-0.2, -0.15) is 0 Å². The first kappa shape index (κ1) is 10.3. The number of halogens is 1. The van der Waals surface area contributed by atoms with Crippen LogP contribution in [0, 0.1) is 6.92 Å². The molecule has 0 radical (unpaired) electrons. The highest BCUT2D eigenvalue weighted by molar-refractivity contribution is 6.31. The molecule has 0 aliphatic heterocycles. The molecule has 0 aliphatic rings. The first-order chi connectivity index (χ1) is 6.06. The Bertz CT molecular complexity index is 312. The van der Waals surface area contributed by atoms with E-state index in [2.05, 4.69) is 0 Å². The third-order valence-electron chi connectivity index (χ3n) is 2.04. The van der Waals surface area contributed by atoms with E-state index in [0.29, 0.717) is 17.3 Å². The lowest BCUT2D eigenvalue weighted by Crippen LogP contribution is -2.21. The van der Waals surface area contributed by atoms with Crippen molar-refractivity contribution in [3.8, 4) is 0 Å². The second-order valence-corrected chi connectivity index (χ2v) is 3.48. The average Bonchev–Trinajstić information content (AvgIpc) is 2.10. The number of hydrogen-bond acceptors (Lipinski definition) is 3. The first-order valence-corrected chi connectivity index (χ1v) is 4.45. The van der Waals surface area contributed by atoms with Crippen LogP contribution in [-0.2, 0) is 0 Å². The van der Waals surface area contributed by atoms with Gasteiger partial charge in [-0.3, -0.25) is 0 Å². The standard InChI is InChI=1S/C9H14ClN3/c1-5-2-6(9(13)4-11)7(10)3-8(5)12/h2-3,9H,4,11-13H2,1H3/t9-/m1/s1. The van der Waals surface area contributed by atoms with Gasteiger partial charge in [0.15, 0.2) is 0 Å². The second-order valence-electron chi connectivity index (χ2n) is 3.07. The highest BCUT2D eigenvalue weighted by atomic mass is 35.5. The minimum absolute atomic E-state index is 0.216. The monoisotopic (exact) mass is 199 g/mol. The van der Waals surface area contributed by atoms with Crippen LogP contribution in [0.3, 0.4) is 0 Å². The maximum Gasteiger partial charge on any atom is 0.0474 e. The third-order valence-corrected chi connectivity index (χ3v) is 2.37. The zero-order valence-corrected chi connectivity index (χ0v) is 8.31. The van der Waals surface area contributed by atoms with Crippen LogP contribution < -0.4 is 17.2 Å². The molecule has 0 unspecified atom stereocenters. The van der Waals surface area contributed by atoms with Crippen molar-refractivity contribution in [1.82, 2.24) is 0 Å². The van der Waals surface area contributed by atoms with Crippen molar-refractivity contribution in [2.45, 2.75) is 13.0 Å². The summed E-state index contributed by atoms with van der Waals surface area (Å²) < 4.78 is 0. The van der Waals surface area contributed by atoms with Gasteiger partial charge in [-0.05, 0) is 24.1 Å². The molecule has 1 rings (SSSR count). The molecule has 0 spiro atoms. The molecule has 0 saturated carbocycles. The molecule has 3 nitrogen and oxygen atoms in total. The highest BCUT2D eigenvalue weighted by Gasteiger charge is 2.09. The smallest absolute Gasteiger partial charge is 0.0474 e. The fourth-order valence-electron chi connectivity index (χ4n) is 1.13. The summed E-state index contributed by atoms with van der Waals surface area (Å²) in [5.74, 6) is 0. The van der Waals surface area contributed by atoms with Gasteiger partial charge in [-0.25, -0.2) is 0 Å². The third kappa shape index (κ3) is 2.12. The average molecular weight is 200 g/mol. The zero-order chi connectivity index (χ0) is 10.0. The summed E-state index contributed by atoms with van der Waals surface area (Å²) in [7, 11) is 0. The number of nitrogen functional groups attached to an aromatic ring is 1. The predicted octanol–water partition coefficient (Wildman–Crippen LogP) is 1.19. The molecule has 1 aromatic rings. The van der Waals surface area contributed by atoms with Crippen LogP contribution >= 0.6 is 11.6 Å². The maximum absolute atomic E-state index is 5.96. The number of benzene rings is 1. The lowest BCUT2D eigenvalue weighted by atomic mass is 10.0. The molecule has 0 bridgehead atoms. The largest absolute Gasteiger partial charge is 0.398 e. The quantitative estimate of drug-likeness (QED) is 0.627. The van der Waals surface area contributed by atoms with Crippen molar-refractivity contribution >= 4 is 17.3 Å². The van der Waals surface area contributed by atoms with Gasteiger partial charge >= 0.3 is 0 Å². The van der Waals surface area contributed by atoms with Crippen molar-refractivity contribution in [3.05, 3.63) is 28.3 Å². The molecule has 0 amide bonds. The molecule has 72 valence electrons. The Kier molecular flexibility index (Phi) is 3.14. The molecular weight excluding hydrogens is 186 g/mol. The topological polar surface area (TPSA) is 78.1 Å². The number of nitrogens with two attached hydrogens (primary N) is 3. The van der Waals surface area contributed by atoms with Crippen molar-refractivity contribution in [2.24, 2.45) is 11.5 Å². The Morgan fingerprint density at radius 2 is 2.08 bits per heavy atom. The minimum Gasteiger partial charge on any atom is -0.398 e. The molecule has 1 atom stereocenters. The van der Waals surface area contributed by atoms with E-state index in [1.54, 1.807) is 6.07 Å². The van der Waals surface area contributed by atoms with Crippen LogP contribution in [-0.4, -0.2) is 6.54 Å². The first-order valence-electron chi connectivity index (χ1n) is 4.07. The van der Waals surface area contributed by atoms with E-state index in [9.17, 15) is 0 Å². The van der Waals surface area contributed by atoms with E-state index in [1.807, 2.05) is 13.0 Å². The Morgan fingerprint density at radius 1 is 1.46 bits per heavy atom. The number of rotatable bonds is 2. The number of hydrogen-bond donors (Lipinski definition) is 3. The molecule has 1 aromatic carbocycles. The van der Waals surface area contributed by atoms with Crippen LogP contribution in [0.1, 0.15) is 17.2 Å². The fourth-order valence-corrected chi connectivity index (χ4v) is 1.44. The molecule has 13 heavy (non-hydrogen) atoms. The van der Waals surface area contributed by atoms with Gasteiger partial charge in [-0.1, -0.05) is 17.7 Å². The number of anilines is 1. The van der Waals surface area contributed by atoms with E-state index in [-0.39, 0.29) is 6.04 Å². The molecule has 6 N–H and O–H groups in total. The summed E-state index contributed by atoms with van der Waals surface area (Å²) in [6.45, 7) is 2.29. The molecule has 0 aliphatic carbocycles. The zero-order valence-electron chi connectivity index (χ0n) is 7.55. The summed E-state index contributed by atoms with van der Waals surface area (Å²) in [6, 6.07) is 3.38. The molecular formula is C9H14ClN3. The van der Waals surface area contributed by atoms with Crippen molar-refractivity contribution in [1.29, 1.82) is 0 Å². The lowest BCUT2D eigenvalue weighted by molar-refractivity contribution is 0.737. The predicted molar refractivity (Wildman–Crippen MR) is 56.6 cm³/mol. The summed E-state index contributed by atoms with van der Waals surface area (Å²) in [5, 5.41) is 0.584. The van der Waals surface area contributed by atoms with Gasteiger partial charge in [0.05, 0.1) is 0 Å². The van der Waals surface area contributed by atoms with Crippen molar-refractivity contribution in [3.63, 3.8) is 0 Å². The Balaban J connectivity index is 3.15. The van der Waals surface area contributed by atoms with Crippen LogP contribution in [0.5, 0.6) is 0 Å². The molecule has 0 aromatic heterocycles. The second kappa shape index (κ2) is 3.96. The van der Waals surface area contributed by atoms with E-state index in [1.165, 1.54) is 0 Å². The van der Waals surface area contributed by atoms with E-state index in [4.69, 9.17) is 28.8 Å². The Morgan fingerprint density at radius 3 is 2.62 bits per heavy atom. The van der Waals surface area contributed by atoms with Gasteiger partial charge < -0.3 is 17.2 Å². The molecule has 0 saturated heterocycles. The summed E-state index contributed by atoms with van der Waals surface area (Å²) in [5.41, 5.74) is 19.4. The van der Waals surface area contributed by atoms with Crippen LogP contribution in [0.2, 0.25) is 5.02 Å². The normalized spacial score (nSPS) is 12.9. The van der Waals surface area contributed by atoms with Gasteiger partial charge in [0, 0.05) is 23.3 Å². The van der Waals surface area contributed by atoms with Gasteiger partial charge in [0.2, 0.25) is 0 Å². The Labute approximate surface area is 82.8 Å². The summed E-state index contributed by atoms with van der Waals surface area (Å²) in [6.07, 6.45) is 0. The minimum atomic E-state index is -0.216. The van der Waals surface area contributed by atoms with Crippen molar-refractivity contribution in [2.75, 3.05) is 12.3 Å². The lowest BCUT2D eigenvalue weighted by Gasteiger charge is -2.13. The van der Waals surface area contributed by atoms with E-state index >= 15 is 0 Å². The van der Waals surface area contributed by atoms with E-state index < -0.39 is 0 Å². The van der Waals surface area contributed by atoms with E-state index in [0.717, 1.165) is 11.1 Å². The van der Waals surface area contributed by atoms with Crippen molar-refractivity contribution < 1.29 is 0 Å². The highest BCUT2D eigenvalue weighted by Crippen LogP contribution is 2.26. The van der Waals surface area contributed by atoms with Gasteiger partial charge in [0.1, 0.15) is 0 Å². The molecule has 4 heteroatoms. The van der Waals surface area contributed by atoms with Crippen LogP contribution in [0.25, 0.3) is 0 Å². The van der Waals surface area contributed by atoms with Crippen LogP contribution in [0.4, 0.5) is 5.69 Å². The number of aryl methyl sites for hydroxylation is 1. The fraction of sp³-hybridized carbons (Fsp3) is 0.333. The molecule has 0 fully saturated rings. The van der Waals surface area contributed by atoms with Crippen LogP contribution in [0.15, 0.2) is 12.1 Å². The molecule has 0 heterocycles. The summed E-state index contributed by atoms with van der Waals surface area (Å²) >= 11 is 5.96. The Hall–Kier alpha value is -0.770. The SMILES string of the molecule is Cc1cc([C@H](N)CN)c(Cl)cc1N. The summed E-state index contributed by atoms with van der Waals surface area (Å²) in [4.78, 5) is 0. The van der Waals surface area contributed by atoms with Gasteiger partial charge in [-0.15, -0.1) is 0 Å². The maximum atomic E-state index is 5.96. The van der Waals surface area contributed by atoms with Gasteiger partial charge in [0.25, 0.3) is 0 Å².